The summed E-state index contributed by atoms with van der Waals surface area (Å²) in [7, 11) is 0. The fourth-order valence-corrected chi connectivity index (χ4v) is 3.33. The van der Waals surface area contributed by atoms with Crippen LogP contribution < -0.4 is 9.47 Å². The molecule has 0 radical (unpaired) electrons. The number of benzene rings is 2. The average molecular weight is 367 g/mol. The molecule has 0 aliphatic carbocycles. The third-order valence-electron chi connectivity index (χ3n) is 4.87. The van der Waals surface area contributed by atoms with Crippen LogP contribution in [0.1, 0.15) is 56.6 Å². The van der Waals surface area contributed by atoms with E-state index in [1.54, 1.807) is 0 Å². The first-order chi connectivity index (χ1) is 13.3. The monoisotopic (exact) mass is 367 g/mol. The summed E-state index contributed by atoms with van der Waals surface area (Å²) in [4.78, 5) is 14.8. The quantitative estimate of drug-likeness (QED) is 0.535. The Hall–Kier alpha value is -2.49. The van der Waals surface area contributed by atoms with E-state index in [1.165, 1.54) is 19.3 Å². The minimum absolute atomic E-state index is 0.216. The fourth-order valence-electron chi connectivity index (χ4n) is 3.33. The molecule has 0 atom stereocenters. The molecule has 0 saturated heterocycles. The molecule has 4 heteroatoms. The Balaban J connectivity index is 1.64. The number of fused-ring (bicyclic) bond motifs is 1. The Morgan fingerprint density at radius 1 is 0.889 bits per heavy atom. The summed E-state index contributed by atoms with van der Waals surface area (Å²) < 4.78 is 10.9. The third-order valence-corrected chi connectivity index (χ3v) is 4.87. The molecule has 144 valence electrons. The summed E-state index contributed by atoms with van der Waals surface area (Å²) in [6.07, 6.45) is 6.39. The van der Waals surface area contributed by atoms with Crippen LogP contribution in [0.4, 0.5) is 0 Å². The first-order valence-corrected chi connectivity index (χ1v) is 9.96. The van der Waals surface area contributed by atoms with E-state index in [9.17, 15) is 4.79 Å². The zero-order valence-corrected chi connectivity index (χ0v) is 16.2. The molecular weight excluding hydrogens is 338 g/mol. The van der Waals surface area contributed by atoms with Gasteiger partial charge in [-0.1, -0.05) is 69.0 Å². The Morgan fingerprint density at radius 3 is 2.44 bits per heavy atom. The van der Waals surface area contributed by atoms with Crippen LogP contribution in [0.3, 0.4) is 0 Å². The maximum absolute atomic E-state index is 12.9. The van der Waals surface area contributed by atoms with E-state index in [1.807, 2.05) is 41.3 Å². The molecule has 4 nitrogen and oxygen atoms in total. The molecule has 0 fully saturated rings. The molecule has 2 aromatic rings. The summed E-state index contributed by atoms with van der Waals surface area (Å²) in [6, 6.07) is 16.1. The molecule has 1 heterocycles. The van der Waals surface area contributed by atoms with E-state index in [2.05, 4.69) is 19.1 Å². The van der Waals surface area contributed by atoms with Crippen molar-refractivity contribution in [2.24, 2.45) is 0 Å². The van der Waals surface area contributed by atoms with Crippen molar-refractivity contribution in [1.29, 1.82) is 0 Å². The third kappa shape index (κ3) is 5.75. The Kier molecular flexibility index (Phi) is 7.14. The van der Waals surface area contributed by atoms with Gasteiger partial charge >= 0.3 is 0 Å². The topological polar surface area (TPSA) is 38.8 Å². The van der Waals surface area contributed by atoms with Crippen molar-refractivity contribution in [3.8, 4) is 11.5 Å². The summed E-state index contributed by atoms with van der Waals surface area (Å²) in [5.41, 5.74) is 2.21. The van der Waals surface area contributed by atoms with E-state index in [-0.39, 0.29) is 12.7 Å². The largest absolute Gasteiger partial charge is 0.454 e. The number of amides is 1. The number of hydrogen-bond donors (Lipinski definition) is 0. The van der Waals surface area contributed by atoms with Gasteiger partial charge in [0.15, 0.2) is 11.5 Å². The van der Waals surface area contributed by atoms with Gasteiger partial charge in [0.05, 0.1) is 0 Å². The SMILES string of the molecule is CCCCCCCC(=O)N(Cc1ccccc1)Cc1ccc2c(c1)OCO2. The van der Waals surface area contributed by atoms with Crippen LogP contribution in [-0.2, 0) is 17.9 Å². The van der Waals surface area contributed by atoms with Gasteiger partial charge in [0.1, 0.15) is 0 Å². The van der Waals surface area contributed by atoms with Crippen molar-refractivity contribution >= 4 is 5.91 Å². The van der Waals surface area contributed by atoms with Gasteiger partial charge in [0.2, 0.25) is 12.7 Å². The Morgan fingerprint density at radius 2 is 1.63 bits per heavy atom. The lowest BCUT2D eigenvalue weighted by atomic mass is 10.1. The van der Waals surface area contributed by atoms with Crippen molar-refractivity contribution in [1.82, 2.24) is 4.90 Å². The Bertz CT molecular complexity index is 730. The molecule has 1 amide bonds. The molecule has 0 unspecified atom stereocenters. The smallest absolute Gasteiger partial charge is 0.231 e. The highest BCUT2D eigenvalue weighted by Crippen LogP contribution is 2.33. The number of ether oxygens (including phenoxy) is 2. The average Bonchev–Trinajstić information content (AvgIpc) is 3.16. The van der Waals surface area contributed by atoms with Gasteiger partial charge in [-0.3, -0.25) is 4.79 Å². The highest BCUT2D eigenvalue weighted by atomic mass is 16.7. The lowest BCUT2D eigenvalue weighted by Gasteiger charge is -2.23. The number of carbonyl (C=O) groups is 1. The maximum Gasteiger partial charge on any atom is 0.231 e. The number of nitrogens with zero attached hydrogens (tertiary/aromatic N) is 1. The van der Waals surface area contributed by atoms with Crippen molar-refractivity contribution in [3.05, 3.63) is 59.7 Å². The van der Waals surface area contributed by atoms with Crippen LogP contribution >= 0.6 is 0 Å². The van der Waals surface area contributed by atoms with E-state index in [0.717, 1.165) is 35.5 Å². The lowest BCUT2D eigenvalue weighted by molar-refractivity contribution is -0.132. The van der Waals surface area contributed by atoms with Crippen molar-refractivity contribution < 1.29 is 14.3 Å². The predicted molar refractivity (Wildman–Crippen MR) is 107 cm³/mol. The molecule has 0 spiro atoms. The highest BCUT2D eigenvalue weighted by Gasteiger charge is 2.18. The summed E-state index contributed by atoms with van der Waals surface area (Å²) >= 11 is 0. The van der Waals surface area contributed by atoms with Crippen molar-refractivity contribution in [3.63, 3.8) is 0 Å². The number of rotatable bonds is 10. The molecule has 1 aliphatic heterocycles. The summed E-state index contributed by atoms with van der Waals surface area (Å²) in [6.45, 7) is 3.68. The van der Waals surface area contributed by atoms with Gasteiger partial charge in [-0.05, 0) is 29.7 Å². The first kappa shape index (κ1) is 19.3. The van der Waals surface area contributed by atoms with E-state index < -0.39 is 0 Å². The van der Waals surface area contributed by atoms with Crippen LogP contribution in [0.25, 0.3) is 0 Å². The minimum Gasteiger partial charge on any atom is -0.454 e. The molecule has 0 bridgehead atoms. The summed E-state index contributed by atoms with van der Waals surface area (Å²) in [5.74, 6) is 1.75. The second-order valence-corrected chi connectivity index (χ2v) is 7.09. The van der Waals surface area contributed by atoms with Crippen LogP contribution in [0.5, 0.6) is 11.5 Å². The molecule has 1 aliphatic rings. The zero-order valence-electron chi connectivity index (χ0n) is 16.2. The standard InChI is InChI=1S/C23H29NO3/c1-2-3-4-5-9-12-23(25)24(16-19-10-7-6-8-11-19)17-20-13-14-21-22(15-20)27-18-26-21/h6-8,10-11,13-15H,2-5,9,12,16-18H2,1H3. The van der Waals surface area contributed by atoms with Crippen LogP contribution in [0.15, 0.2) is 48.5 Å². The molecule has 0 saturated carbocycles. The second kappa shape index (κ2) is 10.0. The summed E-state index contributed by atoms with van der Waals surface area (Å²) in [5, 5.41) is 0. The van der Waals surface area contributed by atoms with Gasteiger partial charge in [0.25, 0.3) is 0 Å². The predicted octanol–water partition coefficient (Wildman–Crippen LogP) is 5.30. The van der Waals surface area contributed by atoms with Gasteiger partial charge in [0, 0.05) is 19.5 Å². The molecule has 2 aromatic carbocycles. The zero-order chi connectivity index (χ0) is 18.9. The van der Waals surface area contributed by atoms with Gasteiger partial charge < -0.3 is 14.4 Å². The maximum atomic E-state index is 12.9. The Labute approximate surface area is 162 Å². The second-order valence-electron chi connectivity index (χ2n) is 7.09. The van der Waals surface area contributed by atoms with E-state index >= 15 is 0 Å². The molecule has 3 rings (SSSR count). The number of carbonyl (C=O) groups excluding carboxylic acids is 1. The lowest BCUT2D eigenvalue weighted by Crippen LogP contribution is -2.29. The van der Waals surface area contributed by atoms with E-state index in [0.29, 0.717) is 19.5 Å². The van der Waals surface area contributed by atoms with Crippen molar-refractivity contribution in [2.45, 2.75) is 58.5 Å². The molecule has 0 aromatic heterocycles. The van der Waals surface area contributed by atoms with E-state index in [4.69, 9.17) is 9.47 Å². The normalized spacial score (nSPS) is 12.2. The number of hydrogen-bond acceptors (Lipinski definition) is 3. The minimum atomic E-state index is 0.216. The first-order valence-electron chi connectivity index (χ1n) is 9.96. The van der Waals surface area contributed by atoms with Gasteiger partial charge in [-0.15, -0.1) is 0 Å². The fraction of sp³-hybridized carbons (Fsp3) is 0.435. The van der Waals surface area contributed by atoms with Crippen LogP contribution in [0.2, 0.25) is 0 Å². The molecule has 0 N–H and O–H groups in total. The van der Waals surface area contributed by atoms with Gasteiger partial charge in [-0.2, -0.15) is 0 Å². The van der Waals surface area contributed by atoms with Gasteiger partial charge in [-0.25, -0.2) is 0 Å². The van der Waals surface area contributed by atoms with Crippen LogP contribution in [0, 0.1) is 0 Å². The number of unbranched alkanes of at least 4 members (excludes halogenated alkanes) is 4. The van der Waals surface area contributed by atoms with Crippen molar-refractivity contribution in [2.75, 3.05) is 6.79 Å². The highest BCUT2D eigenvalue weighted by molar-refractivity contribution is 5.76. The molecular formula is C23H29NO3. The molecule has 27 heavy (non-hydrogen) atoms. The van der Waals surface area contributed by atoms with Crippen LogP contribution in [-0.4, -0.2) is 17.6 Å².